The molecule has 0 aliphatic carbocycles. The molecule has 0 bridgehead atoms. The molecule has 14 heteroatoms. The van der Waals surface area contributed by atoms with E-state index in [9.17, 15) is 22.8 Å². The fourth-order valence-electron chi connectivity index (χ4n) is 4.24. The number of carbonyl (C=O) groups excluding carboxylic acids is 2. The number of hydrogen-bond donors (Lipinski definition) is 4. The zero-order valence-electron chi connectivity index (χ0n) is 21.9. The van der Waals surface area contributed by atoms with E-state index >= 15 is 0 Å². The molecular formula is C28H24F3N9O2. The number of halogens is 3. The Morgan fingerprint density at radius 3 is 2.43 bits per heavy atom. The van der Waals surface area contributed by atoms with Crippen molar-refractivity contribution in [1.29, 1.82) is 0 Å². The third-order valence-electron chi connectivity index (χ3n) is 6.32. The Labute approximate surface area is 236 Å². The Morgan fingerprint density at radius 1 is 0.929 bits per heavy atom. The fraction of sp³-hybridized carbons (Fsp3) is 0.143. The molecule has 2 amide bonds. The number of hydrogen-bond acceptors (Lipinski definition) is 8. The highest BCUT2D eigenvalue weighted by Gasteiger charge is 2.31. The molecule has 0 aliphatic heterocycles. The average Bonchev–Trinajstić information content (AvgIpc) is 3.34. The molecule has 3 aromatic heterocycles. The first-order valence-corrected chi connectivity index (χ1v) is 12.7. The molecule has 0 atom stereocenters. The van der Waals surface area contributed by atoms with Crippen LogP contribution in [0, 0.1) is 0 Å². The monoisotopic (exact) mass is 575 g/mol. The number of rotatable bonds is 8. The number of carbonyl (C=O) groups is 2. The van der Waals surface area contributed by atoms with Crippen LogP contribution >= 0.6 is 0 Å². The second-order valence-corrected chi connectivity index (χ2v) is 9.23. The van der Waals surface area contributed by atoms with Gasteiger partial charge < -0.3 is 22.1 Å². The molecule has 0 saturated heterocycles. The van der Waals surface area contributed by atoms with Crippen molar-refractivity contribution >= 4 is 45.9 Å². The van der Waals surface area contributed by atoms with Crippen molar-refractivity contribution in [3.05, 3.63) is 84.3 Å². The van der Waals surface area contributed by atoms with Gasteiger partial charge in [0.1, 0.15) is 23.7 Å². The minimum atomic E-state index is -4.56. The first-order valence-electron chi connectivity index (χ1n) is 12.7. The number of benzene rings is 2. The number of aryl methyl sites for hydroxylation is 1. The molecule has 0 spiro atoms. The highest BCUT2D eigenvalue weighted by Crippen LogP contribution is 2.32. The molecular weight excluding hydrogens is 551 g/mol. The van der Waals surface area contributed by atoms with Gasteiger partial charge in [0, 0.05) is 30.3 Å². The summed E-state index contributed by atoms with van der Waals surface area (Å²) in [7, 11) is 0. The van der Waals surface area contributed by atoms with Crippen molar-refractivity contribution in [2.75, 3.05) is 22.1 Å². The summed E-state index contributed by atoms with van der Waals surface area (Å²) in [6, 6.07) is 14.8. The van der Waals surface area contributed by atoms with E-state index in [0.717, 1.165) is 18.3 Å². The highest BCUT2D eigenvalue weighted by molar-refractivity contribution is 6.04. The number of para-hydroxylation sites is 2. The molecule has 42 heavy (non-hydrogen) atoms. The summed E-state index contributed by atoms with van der Waals surface area (Å²) < 4.78 is 40.6. The highest BCUT2D eigenvalue weighted by atomic mass is 19.4. The summed E-state index contributed by atoms with van der Waals surface area (Å²) in [6.07, 6.45) is -1.62. The molecule has 0 aliphatic rings. The zero-order chi connectivity index (χ0) is 29.9. The van der Waals surface area contributed by atoms with Crippen molar-refractivity contribution < 1.29 is 22.8 Å². The van der Waals surface area contributed by atoms with Crippen molar-refractivity contribution in [3.8, 4) is 11.3 Å². The minimum absolute atomic E-state index is 0.191. The number of nitrogens with two attached hydrogens (primary N) is 2. The van der Waals surface area contributed by atoms with Gasteiger partial charge in [-0.1, -0.05) is 24.3 Å². The van der Waals surface area contributed by atoms with Gasteiger partial charge in [0.2, 0.25) is 5.91 Å². The largest absolute Gasteiger partial charge is 0.416 e. The van der Waals surface area contributed by atoms with E-state index in [1.165, 1.54) is 18.5 Å². The molecule has 2 aromatic carbocycles. The first-order chi connectivity index (χ1) is 20.1. The number of nitrogens with one attached hydrogen (secondary N) is 2. The summed E-state index contributed by atoms with van der Waals surface area (Å²) in [5, 5.41) is 10.3. The predicted octanol–water partition coefficient (Wildman–Crippen LogP) is 4.74. The van der Waals surface area contributed by atoms with Gasteiger partial charge in [0.05, 0.1) is 22.3 Å². The fourth-order valence-corrected chi connectivity index (χ4v) is 4.24. The molecule has 5 aromatic rings. The molecule has 6 N–H and O–H groups in total. The standard InChI is InChI=1S/C28H24F3N9O2/c29-28(30,31)18-11-12-34-21(14-18)38-27(42)17-9-7-16(8-10-17)24-23-25(33)35-15-36-26(23)40(39-24)13-3-6-22(41)37-20-5-2-1-4-19(20)32/h1-2,4-5,7-12,14-15H,3,6,13,32H2,(H,37,41)(H2,33,35,36)(H,34,38,42). The zero-order valence-corrected chi connectivity index (χ0v) is 21.9. The topological polar surface area (TPSA) is 167 Å². The molecule has 5 rings (SSSR count). The number of nitrogen functional groups attached to an aromatic ring is 2. The summed E-state index contributed by atoms with van der Waals surface area (Å²) >= 11 is 0. The van der Waals surface area contributed by atoms with Gasteiger partial charge in [-0.3, -0.25) is 9.59 Å². The summed E-state index contributed by atoms with van der Waals surface area (Å²) in [5.41, 5.74) is 13.9. The van der Waals surface area contributed by atoms with E-state index in [4.69, 9.17) is 11.5 Å². The Bertz CT molecular complexity index is 1770. The molecule has 0 radical (unpaired) electrons. The van der Waals surface area contributed by atoms with Crippen LogP contribution in [-0.4, -0.2) is 36.5 Å². The van der Waals surface area contributed by atoms with Crippen molar-refractivity contribution in [1.82, 2.24) is 24.7 Å². The molecule has 214 valence electrons. The average molecular weight is 576 g/mol. The van der Waals surface area contributed by atoms with Gasteiger partial charge in [0.25, 0.3) is 5.91 Å². The molecule has 3 heterocycles. The third-order valence-corrected chi connectivity index (χ3v) is 6.32. The minimum Gasteiger partial charge on any atom is -0.397 e. The van der Waals surface area contributed by atoms with Crippen LogP contribution in [-0.2, 0) is 17.5 Å². The number of fused-ring (bicyclic) bond motifs is 1. The maximum atomic E-state index is 13.0. The lowest BCUT2D eigenvalue weighted by Gasteiger charge is -2.09. The van der Waals surface area contributed by atoms with Crippen LogP contribution in [0.3, 0.4) is 0 Å². The third kappa shape index (κ3) is 6.11. The van der Waals surface area contributed by atoms with Crippen LogP contribution in [0.1, 0.15) is 28.8 Å². The van der Waals surface area contributed by atoms with Gasteiger partial charge in [-0.25, -0.2) is 19.6 Å². The molecule has 0 fully saturated rings. The summed E-state index contributed by atoms with van der Waals surface area (Å²) in [4.78, 5) is 37.3. The molecule has 0 unspecified atom stereocenters. The van der Waals surface area contributed by atoms with Gasteiger partial charge in [0.15, 0.2) is 5.65 Å². The van der Waals surface area contributed by atoms with E-state index < -0.39 is 17.6 Å². The summed E-state index contributed by atoms with van der Waals surface area (Å²) in [6.45, 7) is 0.356. The Kier molecular flexibility index (Phi) is 7.69. The van der Waals surface area contributed by atoms with Gasteiger partial charge >= 0.3 is 6.18 Å². The number of nitrogens with zero attached hydrogens (tertiary/aromatic N) is 5. The van der Waals surface area contributed by atoms with E-state index in [1.807, 2.05) is 0 Å². The van der Waals surface area contributed by atoms with Crippen LogP contribution in [0.25, 0.3) is 22.3 Å². The number of pyridine rings is 1. The van der Waals surface area contributed by atoms with Crippen LogP contribution < -0.4 is 22.1 Å². The molecule has 0 saturated carbocycles. The Morgan fingerprint density at radius 2 is 1.69 bits per heavy atom. The van der Waals surface area contributed by atoms with Crippen LogP contribution in [0.4, 0.5) is 36.2 Å². The van der Waals surface area contributed by atoms with Crippen molar-refractivity contribution in [2.45, 2.75) is 25.6 Å². The lowest BCUT2D eigenvalue weighted by atomic mass is 10.1. The predicted molar refractivity (Wildman–Crippen MR) is 151 cm³/mol. The lowest BCUT2D eigenvalue weighted by Crippen LogP contribution is -2.14. The Balaban J connectivity index is 1.31. The second kappa shape index (κ2) is 11.5. The van der Waals surface area contributed by atoms with Crippen LogP contribution in [0.15, 0.2) is 73.2 Å². The lowest BCUT2D eigenvalue weighted by molar-refractivity contribution is -0.137. The second-order valence-electron chi connectivity index (χ2n) is 9.23. The van der Waals surface area contributed by atoms with Crippen LogP contribution in [0.5, 0.6) is 0 Å². The normalized spacial score (nSPS) is 11.4. The van der Waals surface area contributed by atoms with E-state index in [1.54, 1.807) is 41.1 Å². The summed E-state index contributed by atoms with van der Waals surface area (Å²) in [5.74, 6) is -0.861. The smallest absolute Gasteiger partial charge is 0.397 e. The quantitative estimate of drug-likeness (QED) is 0.193. The SMILES string of the molecule is Nc1ccccc1NC(=O)CCCn1nc(-c2ccc(C(=O)Nc3cc(C(F)(F)F)ccn3)cc2)c2c(N)ncnc21. The first kappa shape index (κ1) is 28.0. The Hall–Kier alpha value is -5.53. The number of anilines is 4. The van der Waals surface area contributed by atoms with E-state index in [-0.39, 0.29) is 29.5 Å². The van der Waals surface area contributed by atoms with Crippen LogP contribution in [0.2, 0.25) is 0 Å². The number of amides is 2. The molecule has 11 nitrogen and oxygen atoms in total. The maximum absolute atomic E-state index is 13.0. The van der Waals surface area contributed by atoms with Crippen molar-refractivity contribution in [2.24, 2.45) is 0 Å². The van der Waals surface area contributed by atoms with E-state index in [2.05, 4.69) is 30.7 Å². The van der Waals surface area contributed by atoms with Gasteiger partial charge in [-0.2, -0.15) is 18.3 Å². The number of aromatic nitrogens is 5. The van der Waals surface area contributed by atoms with Gasteiger partial charge in [-0.15, -0.1) is 0 Å². The van der Waals surface area contributed by atoms with Crippen molar-refractivity contribution in [3.63, 3.8) is 0 Å². The maximum Gasteiger partial charge on any atom is 0.416 e. The van der Waals surface area contributed by atoms with E-state index in [0.29, 0.717) is 46.6 Å². The number of alkyl halides is 3. The van der Waals surface area contributed by atoms with Gasteiger partial charge in [-0.05, 0) is 42.8 Å².